The third kappa shape index (κ3) is 1.85. The molecule has 1 saturated heterocycles. The number of rotatable bonds is 2. The van der Waals surface area contributed by atoms with Crippen LogP contribution in [0.4, 0.5) is 0 Å². The minimum atomic E-state index is -0.264. The minimum absolute atomic E-state index is 0.106. The lowest BCUT2D eigenvalue weighted by molar-refractivity contribution is 0.0435. The predicted molar refractivity (Wildman–Crippen MR) is 70.9 cm³/mol. The van der Waals surface area contributed by atoms with E-state index < -0.39 is 0 Å². The van der Waals surface area contributed by atoms with Gasteiger partial charge in [-0.1, -0.05) is 12.1 Å². The van der Waals surface area contributed by atoms with Gasteiger partial charge in [0.25, 0.3) is 0 Å². The number of aryl methyl sites for hydroxylation is 1. The lowest BCUT2D eigenvalue weighted by Gasteiger charge is -2.09. The summed E-state index contributed by atoms with van der Waals surface area (Å²) in [7, 11) is 0. The average Bonchev–Trinajstić information content (AvgIpc) is 2.94. The number of aromatic amines is 1. The van der Waals surface area contributed by atoms with Crippen molar-refractivity contribution in [1.29, 1.82) is 0 Å². The summed E-state index contributed by atoms with van der Waals surface area (Å²) in [5.74, 6) is 0.106. The van der Waals surface area contributed by atoms with E-state index in [0.717, 1.165) is 29.3 Å². The molecule has 0 saturated carbocycles. The van der Waals surface area contributed by atoms with E-state index in [1.807, 2.05) is 26.0 Å². The van der Waals surface area contributed by atoms with Crippen molar-refractivity contribution in [3.63, 3.8) is 0 Å². The Morgan fingerprint density at radius 2 is 2.22 bits per heavy atom. The molecule has 0 aliphatic carbocycles. The number of fused-ring (bicyclic) bond motifs is 1. The number of Topliss-reactive ketones (excluding diaryl/α,β-unsaturated/α-hetero) is 1. The van der Waals surface area contributed by atoms with Gasteiger partial charge in [0, 0.05) is 22.7 Å². The number of hydrogen-bond donors (Lipinski definition) is 1. The molecule has 2 atom stereocenters. The minimum Gasteiger partial charge on any atom is -0.367 e. The van der Waals surface area contributed by atoms with Crippen molar-refractivity contribution in [2.45, 2.75) is 38.9 Å². The second-order valence-electron chi connectivity index (χ2n) is 5.13. The smallest absolute Gasteiger partial charge is 0.193 e. The fraction of sp³-hybridized carbons (Fsp3) is 0.400. The van der Waals surface area contributed by atoms with E-state index in [2.05, 4.69) is 11.1 Å². The molecule has 0 radical (unpaired) electrons. The summed E-state index contributed by atoms with van der Waals surface area (Å²) in [6.07, 6.45) is 3.54. The summed E-state index contributed by atoms with van der Waals surface area (Å²) >= 11 is 0. The first-order valence-corrected chi connectivity index (χ1v) is 6.42. The molecule has 0 spiro atoms. The fourth-order valence-corrected chi connectivity index (χ4v) is 2.61. The number of benzene rings is 1. The summed E-state index contributed by atoms with van der Waals surface area (Å²) in [5, 5.41) is 0.994. The molecule has 94 valence electrons. The van der Waals surface area contributed by atoms with Crippen LogP contribution in [0, 0.1) is 6.92 Å². The summed E-state index contributed by atoms with van der Waals surface area (Å²) in [6.45, 7) is 4.06. The lowest BCUT2D eigenvalue weighted by Crippen LogP contribution is -2.20. The molecule has 3 nitrogen and oxygen atoms in total. The Morgan fingerprint density at radius 3 is 2.94 bits per heavy atom. The summed E-state index contributed by atoms with van der Waals surface area (Å²) in [4.78, 5) is 15.6. The van der Waals surface area contributed by atoms with Gasteiger partial charge >= 0.3 is 0 Å². The summed E-state index contributed by atoms with van der Waals surface area (Å²) < 4.78 is 5.66. The van der Waals surface area contributed by atoms with Crippen molar-refractivity contribution < 1.29 is 9.53 Å². The Labute approximate surface area is 106 Å². The summed E-state index contributed by atoms with van der Waals surface area (Å²) in [6, 6.07) is 6.10. The molecular formula is C15H17NO2. The third-order valence-corrected chi connectivity index (χ3v) is 3.63. The molecule has 1 aliphatic heterocycles. The van der Waals surface area contributed by atoms with Gasteiger partial charge in [0.1, 0.15) is 6.10 Å². The standard InChI is InChI=1S/C15H17NO2/c1-9-3-5-11-12(8-16-13(11)7-9)15(17)14-6-4-10(2)18-14/h3,5,7-8,10,14,16H,4,6H2,1-2H3. The van der Waals surface area contributed by atoms with Gasteiger partial charge in [0.15, 0.2) is 5.78 Å². The van der Waals surface area contributed by atoms with E-state index in [1.165, 1.54) is 5.56 Å². The van der Waals surface area contributed by atoms with Crippen molar-refractivity contribution in [2.24, 2.45) is 0 Å². The largest absolute Gasteiger partial charge is 0.367 e. The fourth-order valence-electron chi connectivity index (χ4n) is 2.61. The van der Waals surface area contributed by atoms with Gasteiger partial charge in [-0.3, -0.25) is 4.79 Å². The van der Waals surface area contributed by atoms with Crippen molar-refractivity contribution in [3.8, 4) is 0 Å². The van der Waals surface area contributed by atoms with Crippen LogP contribution in [-0.2, 0) is 4.74 Å². The third-order valence-electron chi connectivity index (χ3n) is 3.63. The Morgan fingerprint density at radius 1 is 1.39 bits per heavy atom. The van der Waals surface area contributed by atoms with Crippen molar-refractivity contribution in [1.82, 2.24) is 4.98 Å². The topological polar surface area (TPSA) is 42.1 Å². The van der Waals surface area contributed by atoms with E-state index in [-0.39, 0.29) is 18.0 Å². The molecule has 1 aromatic carbocycles. The van der Waals surface area contributed by atoms with Crippen LogP contribution < -0.4 is 0 Å². The Hall–Kier alpha value is -1.61. The van der Waals surface area contributed by atoms with Crippen molar-refractivity contribution in [3.05, 3.63) is 35.5 Å². The molecule has 2 aromatic rings. The molecule has 1 fully saturated rings. The van der Waals surface area contributed by atoms with Gasteiger partial charge in [-0.25, -0.2) is 0 Å². The zero-order valence-corrected chi connectivity index (χ0v) is 10.7. The second kappa shape index (κ2) is 4.25. The van der Waals surface area contributed by atoms with Crippen LogP contribution in [0.1, 0.15) is 35.7 Å². The number of hydrogen-bond acceptors (Lipinski definition) is 2. The van der Waals surface area contributed by atoms with Crippen LogP contribution in [0.2, 0.25) is 0 Å². The van der Waals surface area contributed by atoms with Crippen LogP contribution >= 0.6 is 0 Å². The Bertz CT molecular complexity index is 600. The second-order valence-corrected chi connectivity index (χ2v) is 5.13. The van der Waals surface area contributed by atoms with Gasteiger partial charge < -0.3 is 9.72 Å². The van der Waals surface area contributed by atoms with Crippen molar-refractivity contribution in [2.75, 3.05) is 0 Å². The molecule has 0 amide bonds. The highest BCUT2D eigenvalue weighted by Gasteiger charge is 2.30. The Balaban J connectivity index is 1.97. The number of aromatic nitrogens is 1. The normalized spacial score (nSPS) is 23.7. The van der Waals surface area contributed by atoms with Crippen molar-refractivity contribution >= 4 is 16.7 Å². The maximum atomic E-state index is 12.4. The van der Waals surface area contributed by atoms with E-state index in [0.29, 0.717) is 0 Å². The van der Waals surface area contributed by atoms with Gasteiger partial charge in [-0.2, -0.15) is 0 Å². The predicted octanol–water partition coefficient (Wildman–Crippen LogP) is 3.23. The van der Waals surface area contributed by atoms with E-state index >= 15 is 0 Å². The van der Waals surface area contributed by atoms with Crippen LogP contribution in [0.15, 0.2) is 24.4 Å². The van der Waals surface area contributed by atoms with E-state index in [1.54, 1.807) is 6.20 Å². The Kier molecular flexibility index (Phi) is 2.71. The molecule has 1 N–H and O–H groups in total. The van der Waals surface area contributed by atoms with E-state index in [9.17, 15) is 4.79 Å². The van der Waals surface area contributed by atoms with Gasteiger partial charge in [0.05, 0.1) is 6.10 Å². The van der Waals surface area contributed by atoms with Crippen LogP contribution in [0.5, 0.6) is 0 Å². The monoisotopic (exact) mass is 243 g/mol. The quantitative estimate of drug-likeness (QED) is 0.823. The average molecular weight is 243 g/mol. The number of carbonyl (C=O) groups is 1. The molecule has 1 aliphatic rings. The maximum absolute atomic E-state index is 12.4. The highest BCUT2D eigenvalue weighted by molar-refractivity contribution is 6.10. The zero-order valence-electron chi connectivity index (χ0n) is 10.7. The highest BCUT2D eigenvalue weighted by Crippen LogP contribution is 2.26. The first-order chi connectivity index (χ1) is 8.65. The number of nitrogens with one attached hydrogen (secondary N) is 1. The lowest BCUT2D eigenvalue weighted by atomic mass is 10.0. The number of ether oxygens (including phenoxy) is 1. The molecule has 0 bridgehead atoms. The molecule has 2 unspecified atom stereocenters. The maximum Gasteiger partial charge on any atom is 0.193 e. The molecule has 18 heavy (non-hydrogen) atoms. The van der Waals surface area contributed by atoms with E-state index in [4.69, 9.17) is 4.74 Å². The molecule has 3 heteroatoms. The SMILES string of the molecule is Cc1ccc2c(C(=O)C3CCC(C)O3)c[nH]c2c1. The summed E-state index contributed by atoms with van der Waals surface area (Å²) in [5.41, 5.74) is 2.96. The molecule has 2 heterocycles. The van der Waals surface area contributed by atoms with Gasteiger partial charge in [-0.15, -0.1) is 0 Å². The molecular weight excluding hydrogens is 226 g/mol. The number of carbonyl (C=O) groups excluding carboxylic acids is 1. The first-order valence-electron chi connectivity index (χ1n) is 6.42. The van der Waals surface area contributed by atoms with Gasteiger partial charge in [0.2, 0.25) is 0 Å². The first kappa shape index (κ1) is 11.5. The van der Waals surface area contributed by atoms with Crippen LogP contribution in [0.3, 0.4) is 0 Å². The number of H-pyrrole nitrogens is 1. The van der Waals surface area contributed by atoms with Gasteiger partial charge in [-0.05, 0) is 38.3 Å². The zero-order chi connectivity index (χ0) is 12.7. The van der Waals surface area contributed by atoms with Crippen LogP contribution in [0.25, 0.3) is 10.9 Å². The highest BCUT2D eigenvalue weighted by atomic mass is 16.5. The number of ketones is 1. The van der Waals surface area contributed by atoms with Crippen LogP contribution in [-0.4, -0.2) is 23.0 Å². The molecule has 3 rings (SSSR count). The molecule has 1 aromatic heterocycles.